The second-order valence-electron chi connectivity index (χ2n) is 4.17. The predicted octanol–water partition coefficient (Wildman–Crippen LogP) is 1.10. The standard InChI is InChI=1S/C12H22N4O.HI/c1-2-7-14-11(17)10-15-12(13)16-8-5-3-4-6-9-16;/h2H,1,3-10H2,(H2,13,15)(H,14,17);1H. The Balaban J connectivity index is 0.00000289. The van der Waals surface area contributed by atoms with Gasteiger partial charge in [-0.05, 0) is 12.8 Å². The number of carbonyl (C=O) groups excluding carboxylic acids is 1. The predicted molar refractivity (Wildman–Crippen MR) is 85.2 cm³/mol. The van der Waals surface area contributed by atoms with Gasteiger partial charge < -0.3 is 16.0 Å². The summed E-state index contributed by atoms with van der Waals surface area (Å²) in [7, 11) is 0. The van der Waals surface area contributed by atoms with Crippen LogP contribution in [0, 0.1) is 0 Å². The van der Waals surface area contributed by atoms with Crippen molar-refractivity contribution in [2.75, 3.05) is 26.2 Å². The molecule has 0 aromatic heterocycles. The number of hydrogen-bond donors (Lipinski definition) is 2. The average molecular weight is 366 g/mol. The molecule has 5 nitrogen and oxygen atoms in total. The Kier molecular flexibility index (Phi) is 9.72. The molecule has 1 amide bonds. The van der Waals surface area contributed by atoms with E-state index >= 15 is 0 Å². The van der Waals surface area contributed by atoms with Gasteiger partial charge in [-0.25, -0.2) is 4.99 Å². The Morgan fingerprint density at radius 3 is 2.50 bits per heavy atom. The van der Waals surface area contributed by atoms with E-state index in [1.165, 1.54) is 12.8 Å². The fourth-order valence-corrected chi connectivity index (χ4v) is 1.79. The van der Waals surface area contributed by atoms with Crippen LogP contribution >= 0.6 is 24.0 Å². The highest BCUT2D eigenvalue weighted by molar-refractivity contribution is 14.0. The molecule has 0 unspecified atom stereocenters. The van der Waals surface area contributed by atoms with E-state index in [4.69, 9.17) is 5.73 Å². The first kappa shape index (κ1) is 17.2. The summed E-state index contributed by atoms with van der Waals surface area (Å²) in [6, 6.07) is 0. The molecule has 6 heteroatoms. The van der Waals surface area contributed by atoms with Crippen molar-refractivity contribution in [3.05, 3.63) is 12.7 Å². The number of carbonyl (C=O) groups is 1. The maximum atomic E-state index is 11.3. The smallest absolute Gasteiger partial charge is 0.242 e. The molecule has 1 aliphatic rings. The Bertz CT molecular complexity index is 286. The lowest BCUT2D eigenvalue weighted by Crippen LogP contribution is -2.39. The van der Waals surface area contributed by atoms with Crippen molar-refractivity contribution in [3.8, 4) is 0 Å². The van der Waals surface area contributed by atoms with E-state index in [-0.39, 0.29) is 36.4 Å². The van der Waals surface area contributed by atoms with Gasteiger partial charge in [0, 0.05) is 19.6 Å². The number of nitrogens with zero attached hydrogens (tertiary/aromatic N) is 2. The minimum Gasteiger partial charge on any atom is -0.370 e. The van der Waals surface area contributed by atoms with Gasteiger partial charge >= 0.3 is 0 Å². The van der Waals surface area contributed by atoms with Crippen LogP contribution in [0.2, 0.25) is 0 Å². The molecule has 18 heavy (non-hydrogen) atoms. The van der Waals surface area contributed by atoms with Crippen molar-refractivity contribution in [3.63, 3.8) is 0 Å². The van der Waals surface area contributed by atoms with E-state index in [1.807, 2.05) is 0 Å². The summed E-state index contributed by atoms with van der Waals surface area (Å²) in [6.45, 7) is 5.99. The highest BCUT2D eigenvalue weighted by Gasteiger charge is 2.11. The molecular formula is C12H23IN4O. The van der Waals surface area contributed by atoms with E-state index in [0.29, 0.717) is 12.5 Å². The van der Waals surface area contributed by atoms with Crippen LogP contribution in [0.25, 0.3) is 0 Å². The summed E-state index contributed by atoms with van der Waals surface area (Å²) in [5.74, 6) is 0.364. The molecule has 3 N–H and O–H groups in total. The molecule has 0 aromatic rings. The number of rotatable bonds is 4. The lowest BCUT2D eigenvalue weighted by Gasteiger charge is -2.20. The quantitative estimate of drug-likeness (QED) is 0.339. The number of nitrogens with one attached hydrogen (secondary N) is 1. The summed E-state index contributed by atoms with van der Waals surface area (Å²) in [5.41, 5.74) is 5.87. The summed E-state index contributed by atoms with van der Waals surface area (Å²) in [5, 5.41) is 2.66. The molecule has 1 aliphatic heterocycles. The van der Waals surface area contributed by atoms with Crippen LogP contribution in [0.15, 0.2) is 17.6 Å². The molecule has 0 aromatic carbocycles. The van der Waals surface area contributed by atoms with Crippen molar-refractivity contribution < 1.29 is 4.79 Å². The zero-order chi connectivity index (χ0) is 12.5. The highest BCUT2D eigenvalue weighted by Crippen LogP contribution is 2.08. The molecule has 1 saturated heterocycles. The summed E-state index contributed by atoms with van der Waals surface area (Å²) < 4.78 is 0. The molecule has 0 bridgehead atoms. The highest BCUT2D eigenvalue weighted by atomic mass is 127. The number of nitrogens with two attached hydrogens (primary N) is 1. The fourth-order valence-electron chi connectivity index (χ4n) is 1.79. The molecular weight excluding hydrogens is 343 g/mol. The third-order valence-electron chi connectivity index (χ3n) is 2.76. The van der Waals surface area contributed by atoms with Gasteiger partial charge in [-0.1, -0.05) is 18.9 Å². The van der Waals surface area contributed by atoms with Gasteiger partial charge in [0.1, 0.15) is 6.54 Å². The molecule has 0 aliphatic carbocycles. The first-order valence-corrected chi connectivity index (χ1v) is 6.16. The first-order valence-electron chi connectivity index (χ1n) is 6.16. The SMILES string of the molecule is C=CCNC(=O)CN=C(N)N1CCCCCC1.I. The largest absolute Gasteiger partial charge is 0.370 e. The second-order valence-corrected chi connectivity index (χ2v) is 4.17. The van der Waals surface area contributed by atoms with E-state index in [1.54, 1.807) is 6.08 Å². The van der Waals surface area contributed by atoms with E-state index in [9.17, 15) is 4.79 Å². The number of halogens is 1. The first-order chi connectivity index (χ1) is 8.24. The number of aliphatic imine (C=N–C) groups is 1. The summed E-state index contributed by atoms with van der Waals surface area (Å²) in [4.78, 5) is 17.5. The average Bonchev–Trinajstić information content (AvgIpc) is 2.62. The van der Waals surface area contributed by atoms with Gasteiger partial charge in [0.05, 0.1) is 0 Å². The van der Waals surface area contributed by atoms with Crippen LogP contribution in [-0.4, -0.2) is 42.9 Å². The van der Waals surface area contributed by atoms with Gasteiger partial charge in [-0.2, -0.15) is 0 Å². The van der Waals surface area contributed by atoms with Crippen LogP contribution < -0.4 is 11.1 Å². The van der Waals surface area contributed by atoms with Crippen molar-refractivity contribution in [2.45, 2.75) is 25.7 Å². The molecule has 0 atom stereocenters. The van der Waals surface area contributed by atoms with Gasteiger partial charge in [0.2, 0.25) is 5.91 Å². The van der Waals surface area contributed by atoms with Crippen LogP contribution in [0.5, 0.6) is 0 Å². The Morgan fingerprint density at radius 1 is 1.33 bits per heavy atom. The van der Waals surface area contributed by atoms with E-state index < -0.39 is 0 Å². The number of likely N-dealkylation sites (tertiary alicyclic amines) is 1. The number of amides is 1. The van der Waals surface area contributed by atoms with Crippen molar-refractivity contribution >= 4 is 35.8 Å². The van der Waals surface area contributed by atoms with Gasteiger partial charge in [-0.15, -0.1) is 30.6 Å². The molecule has 1 fully saturated rings. The second kappa shape index (κ2) is 10.2. The van der Waals surface area contributed by atoms with Crippen molar-refractivity contribution in [1.29, 1.82) is 0 Å². The maximum absolute atomic E-state index is 11.3. The monoisotopic (exact) mass is 366 g/mol. The minimum atomic E-state index is -0.123. The lowest BCUT2D eigenvalue weighted by atomic mass is 10.2. The lowest BCUT2D eigenvalue weighted by molar-refractivity contribution is -0.119. The zero-order valence-corrected chi connectivity index (χ0v) is 13.1. The molecule has 0 radical (unpaired) electrons. The minimum absolute atomic E-state index is 0. The molecule has 1 rings (SSSR count). The maximum Gasteiger partial charge on any atom is 0.242 e. The third-order valence-corrected chi connectivity index (χ3v) is 2.76. The Morgan fingerprint density at radius 2 is 1.94 bits per heavy atom. The fraction of sp³-hybridized carbons (Fsp3) is 0.667. The van der Waals surface area contributed by atoms with Crippen molar-refractivity contribution in [2.24, 2.45) is 10.7 Å². The molecule has 0 saturated carbocycles. The molecule has 0 spiro atoms. The van der Waals surface area contributed by atoms with Crippen LogP contribution in [0.4, 0.5) is 0 Å². The summed E-state index contributed by atoms with van der Waals surface area (Å²) in [6.07, 6.45) is 6.45. The van der Waals surface area contributed by atoms with Crippen LogP contribution in [0.3, 0.4) is 0 Å². The van der Waals surface area contributed by atoms with Gasteiger partial charge in [-0.3, -0.25) is 4.79 Å². The van der Waals surface area contributed by atoms with Crippen molar-refractivity contribution in [1.82, 2.24) is 10.2 Å². The van der Waals surface area contributed by atoms with Crippen LogP contribution in [0.1, 0.15) is 25.7 Å². The number of hydrogen-bond acceptors (Lipinski definition) is 2. The molecule has 1 heterocycles. The van der Waals surface area contributed by atoms with Crippen LogP contribution in [-0.2, 0) is 4.79 Å². The number of guanidine groups is 1. The van der Waals surface area contributed by atoms with Gasteiger partial charge in [0.25, 0.3) is 0 Å². The zero-order valence-electron chi connectivity index (χ0n) is 10.7. The topological polar surface area (TPSA) is 70.7 Å². The van der Waals surface area contributed by atoms with E-state index in [2.05, 4.69) is 21.8 Å². The van der Waals surface area contributed by atoms with Gasteiger partial charge in [0.15, 0.2) is 5.96 Å². The Labute approximate surface area is 126 Å². The normalized spacial score (nSPS) is 16.4. The van der Waals surface area contributed by atoms with E-state index in [0.717, 1.165) is 25.9 Å². The Hall–Kier alpha value is -0.790. The summed E-state index contributed by atoms with van der Waals surface area (Å²) >= 11 is 0. The third kappa shape index (κ3) is 6.83. The molecule has 104 valence electrons.